The number of rotatable bonds is 4. The van der Waals surface area contributed by atoms with Gasteiger partial charge in [0.1, 0.15) is 10.7 Å². The first-order valence-corrected chi connectivity index (χ1v) is 7.44. The number of nitrogens with zero attached hydrogens (tertiary/aromatic N) is 2. The van der Waals surface area contributed by atoms with Crippen molar-refractivity contribution in [1.82, 2.24) is 14.7 Å². The third-order valence-electron chi connectivity index (χ3n) is 3.17. The van der Waals surface area contributed by atoms with E-state index in [9.17, 15) is 0 Å². The molecule has 0 saturated heterocycles. The second kappa shape index (κ2) is 5.69. The Hall–Kier alpha value is -1.78. The Bertz CT molecular complexity index is 716. The highest BCUT2D eigenvalue weighted by atomic mass is 32.2. The van der Waals surface area contributed by atoms with Gasteiger partial charge in [0, 0.05) is 17.6 Å². The van der Waals surface area contributed by atoms with Crippen molar-refractivity contribution in [1.29, 1.82) is 0 Å². The molecule has 20 heavy (non-hydrogen) atoms. The predicted octanol–water partition coefficient (Wildman–Crippen LogP) is 3.51. The molecule has 0 radical (unpaired) electrons. The average Bonchev–Trinajstić information content (AvgIpc) is 2.80. The standard InChI is InChI=1S/C16H17N3S/c1-12-6-8-13(9-7-12)20-16-14(11-17-2)19-10-4-3-5-15(19)18-16/h3-10,17H,11H2,1-2H3. The van der Waals surface area contributed by atoms with Gasteiger partial charge in [0.2, 0.25) is 0 Å². The summed E-state index contributed by atoms with van der Waals surface area (Å²) in [6, 6.07) is 14.7. The highest BCUT2D eigenvalue weighted by molar-refractivity contribution is 7.99. The fourth-order valence-electron chi connectivity index (χ4n) is 2.15. The van der Waals surface area contributed by atoms with Crippen molar-refractivity contribution < 1.29 is 0 Å². The summed E-state index contributed by atoms with van der Waals surface area (Å²) in [4.78, 5) is 5.95. The molecule has 4 heteroatoms. The van der Waals surface area contributed by atoms with Crippen molar-refractivity contribution in [3.8, 4) is 0 Å². The second-order valence-corrected chi connectivity index (χ2v) is 5.80. The van der Waals surface area contributed by atoms with Crippen LogP contribution in [0.15, 0.2) is 58.6 Å². The molecule has 2 aromatic heterocycles. The molecule has 0 atom stereocenters. The lowest BCUT2D eigenvalue weighted by molar-refractivity contribution is 0.764. The number of fused-ring (bicyclic) bond motifs is 1. The highest BCUT2D eigenvalue weighted by Gasteiger charge is 2.12. The Morgan fingerprint density at radius 3 is 2.70 bits per heavy atom. The molecule has 0 bridgehead atoms. The zero-order chi connectivity index (χ0) is 13.9. The van der Waals surface area contributed by atoms with Gasteiger partial charge in [-0.05, 0) is 38.2 Å². The van der Waals surface area contributed by atoms with E-state index < -0.39 is 0 Å². The Morgan fingerprint density at radius 2 is 1.95 bits per heavy atom. The first-order chi connectivity index (χ1) is 9.78. The number of imidazole rings is 1. The number of aryl methyl sites for hydroxylation is 1. The Labute approximate surface area is 123 Å². The lowest BCUT2D eigenvalue weighted by atomic mass is 10.2. The molecule has 1 N–H and O–H groups in total. The van der Waals surface area contributed by atoms with Crippen LogP contribution in [0.2, 0.25) is 0 Å². The van der Waals surface area contributed by atoms with Crippen LogP contribution < -0.4 is 5.32 Å². The van der Waals surface area contributed by atoms with E-state index in [1.807, 2.05) is 25.2 Å². The highest BCUT2D eigenvalue weighted by Crippen LogP contribution is 2.30. The van der Waals surface area contributed by atoms with Gasteiger partial charge in [0.15, 0.2) is 0 Å². The van der Waals surface area contributed by atoms with E-state index in [0.717, 1.165) is 17.2 Å². The van der Waals surface area contributed by atoms with Crippen LogP contribution in [0.25, 0.3) is 5.65 Å². The number of pyridine rings is 1. The van der Waals surface area contributed by atoms with Gasteiger partial charge in [0.05, 0.1) is 5.69 Å². The molecule has 0 saturated carbocycles. The van der Waals surface area contributed by atoms with Gasteiger partial charge in [-0.2, -0.15) is 0 Å². The maximum atomic E-state index is 4.73. The van der Waals surface area contributed by atoms with Crippen LogP contribution in [0.1, 0.15) is 11.3 Å². The molecule has 0 unspecified atom stereocenters. The lowest BCUT2D eigenvalue weighted by Crippen LogP contribution is -2.08. The Kier molecular flexibility index (Phi) is 3.76. The van der Waals surface area contributed by atoms with Crippen LogP contribution in [0.3, 0.4) is 0 Å². The Balaban J connectivity index is 2.01. The molecular formula is C16H17N3S. The number of nitrogens with one attached hydrogen (secondary N) is 1. The van der Waals surface area contributed by atoms with E-state index in [2.05, 4.69) is 47.1 Å². The van der Waals surface area contributed by atoms with Crippen molar-refractivity contribution in [3.63, 3.8) is 0 Å². The van der Waals surface area contributed by atoms with Gasteiger partial charge >= 0.3 is 0 Å². The van der Waals surface area contributed by atoms with Crippen molar-refractivity contribution in [2.24, 2.45) is 0 Å². The number of aromatic nitrogens is 2. The summed E-state index contributed by atoms with van der Waals surface area (Å²) in [6.07, 6.45) is 2.06. The minimum absolute atomic E-state index is 0.805. The summed E-state index contributed by atoms with van der Waals surface area (Å²) in [7, 11) is 1.96. The zero-order valence-electron chi connectivity index (χ0n) is 11.6. The molecule has 2 heterocycles. The molecule has 3 rings (SSSR count). The van der Waals surface area contributed by atoms with Gasteiger partial charge in [-0.3, -0.25) is 0 Å². The van der Waals surface area contributed by atoms with Gasteiger partial charge in [-0.25, -0.2) is 4.98 Å². The largest absolute Gasteiger partial charge is 0.314 e. The third kappa shape index (κ3) is 2.57. The maximum Gasteiger partial charge on any atom is 0.138 e. The van der Waals surface area contributed by atoms with Crippen LogP contribution in [-0.4, -0.2) is 16.4 Å². The summed E-state index contributed by atoms with van der Waals surface area (Å²) < 4.78 is 2.15. The van der Waals surface area contributed by atoms with Gasteiger partial charge in [-0.15, -0.1) is 0 Å². The van der Waals surface area contributed by atoms with Crippen LogP contribution in [-0.2, 0) is 6.54 Å². The molecular weight excluding hydrogens is 266 g/mol. The van der Waals surface area contributed by atoms with Crippen molar-refractivity contribution in [3.05, 3.63) is 59.9 Å². The molecule has 0 aliphatic rings. The van der Waals surface area contributed by atoms with Gasteiger partial charge < -0.3 is 9.72 Å². The summed E-state index contributed by atoms with van der Waals surface area (Å²) in [5, 5.41) is 4.29. The van der Waals surface area contributed by atoms with Crippen LogP contribution in [0, 0.1) is 6.92 Å². The van der Waals surface area contributed by atoms with E-state index in [1.165, 1.54) is 16.2 Å². The number of hydrogen-bond acceptors (Lipinski definition) is 3. The molecule has 0 amide bonds. The summed E-state index contributed by atoms with van der Waals surface area (Å²) in [5.41, 5.74) is 3.47. The third-order valence-corrected chi connectivity index (χ3v) is 4.20. The van der Waals surface area contributed by atoms with E-state index >= 15 is 0 Å². The molecule has 0 fully saturated rings. The van der Waals surface area contributed by atoms with Gasteiger partial charge in [-0.1, -0.05) is 35.5 Å². The van der Waals surface area contributed by atoms with E-state index in [1.54, 1.807) is 11.8 Å². The lowest BCUT2D eigenvalue weighted by Gasteiger charge is -2.04. The van der Waals surface area contributed by atoms with Crippen LogP contribution >= 0.6 is 11.8 Å². The number of hydrogen-bond donors (Lipinski definition) is 1. The van der Waals surface area contributed by atoms with Crippen molar-refractivity contribution in [2.75, 3.05) is 7.05 Å². The van der Waals surface area contributed by atoms with E-state index in [0.29, 0.717) is 0 Å². The topological polar surface area (TPSA) is 29.3 Å². The Morgan fingerprint density at radius 1 is 1.15 bits per heavy atom. The average molecular weight is 283 g/mol. The van der Waals surface area contributed by atoms with Crippen molar-refractivity contribution >= 4 is 17.4 Å². The minimum atomic E-state index is 0.805. The van der Waals surface area contributed by atoms with E-state index in [-0.39, 0.29) is 0 Å². The maximum absolute atomic E-state index is 4.73. The molecule has 0 spiro atoms. The monoisotopic (exact) mass is 283 g/mol. The molecule has 1 aromatic carbocycles. The normalized spacial score (nSPS) is 11.1. The predicted molar refractivity (Wildman–Crippen MR) is 83.3 cm³/mol. The minimum Gasteiger partial charge on any atom is -0.314 e. The fraction of sp³-hybridized carbons (Fsp3) is 0.188. The fourth-order valence-corrected chi connectivity index (χ4v) is 3.08. The first-order valence-electron chi connectivity index (χ1n) is 6.63. The number of benzene rings is 1. The van der Waals surface area contributed by atoms with Crippen molar-refractivity contribution in [2.45, 2.75) is 23.4 Å². The SMILES string of the molecule is CNCc1c(Sc2ccc(C)cc2)nc2ccccn12. The second-order valence-electron chi connectivity index (χ2n) is 4.74. The smallest absolute Gasteiger partial charge is 0.138 e. The molecule has 0 aliphatic heterocycles. The quantitative estimate of drug-likeness (QED) is 0.794. The molecule has 3 aromatic rings. The molecule has 102 valence electrons. The summed E-state index contributed by atoms with van der Waals surface area (Å²) in [5.74, 6) is 0. The van der Waals surface area contributed by atoms with Gasteiger partial charge in [0.25, 0.3) is 0 Å². The molecule has 3 nitrogen and oxygen atoms in total. The first kappa shape index (κ1) is 13.2. The molecule has 0 aliphatic carbocycles. The van der Waals surface area contributed by atoms with Crippen LogP contribution in [0.5, 0.6) is 0 Å². The zero-order valence-corrected chi connectivity index (χ0v) is 12.4. The van der Waals surface area contributed by atoms with Crippen LogP contribution in [0.4, 0.5) is 0 Å². The summed E-state index contributed by atoms with van der Waals surface area (Å²) >= 11 is 1.72. The van der Waals surface area contributed by atoms with E-state index in [4.69, 9.17) is 4.98 Å². The summed E-state index contributed by atoms with van der Waals surface area (Å²) in [6.45, 7) is 2.91.